The third-order valence-corrected chi connectivity index (χ3v) is 4.76. The van der Waals surface area contributed by atoms with Crippen molar-refractivity contribution >= 4 is 11.9 Å². The van der Waals surface area contributed by atoms with Crippen molar-refractivity contribution in [2.24, 2.45) is 0 Å². The molecule has 0 atom stereocenters. The van der Waals surface area contributed by atoms with E-state index in [0.29, 0.717) is 31.0 Å². The maximum Gasteiger partial charge on any atom is 0.315 e. The van der Waals surface area contributed by atoms with Crippen LogP contribution < -0.4 is 25.4 Å². The van der Waals surface area contributed by atoms with Gasteiger partial charge < -0.3 is 25.4 Å². The summed E-state index contributed by atoms with van der Waals surface area (Å²) in [5, 5.41) is 8.60. The SMILES string of the molecule is COc1ccc(CCNC(=O)CCNC(=O)NC2CCCCC2)cc1OC. The van der Waals surface area contributed by atoms with E-state index in [9.17, 15) is 9.59 Å². The van der Waals surface area contributed by atoms with E-state index in [1.165, 1.54) is 19.3 Å². The molecule has 1 fully saturated rings. The summed E-state index contributed by atoms with van der Waals surface area (Å²) < 4.78 is 10.5. The third kappa shape index (κ3) is 7.37. The number of nitrogens with one attached hydrogen (secondary N) is 3. The number of benzene rings is 1. The van der Waals surface area contributed by atoms with Crippen LogP contribution in [0.1, 0.15) is 44.1 Å². The van der Waals surface area contributed by atoms with Gasteiger partial charge in [0, 0.05) is 25.6 Å². The number of carbonyl (C=O) groups excluding carboxylic acids is 2. The van der Waals surface area contributed by atoms with Crippen LogP contribution in [0, 0.1) is 0 Å². The van der Waals surface area contributed by atoms with Crippen molar-refractivity contribution in [1.29, 1.82) is 0 Å². The van der Waals surface area contributed by atoms with Crippen molar-refractivity contribution in [3.63, 3.8) is 0 Å². The summed E-state index contributed by atoms with van der Waals surface area (Å²) in [6.07, 6.45) is 6.66. The molecule has 0 saturated heterocycles. The first-order valence-corrected chi connectivity index (χ1v) is 9.64. The summed E-state index contributed by atoms with van der Waals surface area (Å²) in [6.45, 7) is 0.864. The normalized spacial score (nSPS) is 14.3. The van der Waals surface area contributed by atoms with Crippen LogP contribution in [0.4, 0.5) is 4.79 Å². The second-order valence-electron chi connectivity index (χ2n) is 6.77. The van der Waals surface area contributed by atoms with Crippen molar-refractivity contribution in [2.45, 2.75) is 51.0 Å². The van der Waals surface area contributed by atoms with Crippen molar-refractivity contribution in [3.8, 4) is 11.5 Å². The molecular formula is C20H31N3O4. The molecule has 7 heteroatoms. The lowest BCUT2D eigenvalue weighted by Crippen LogP contribution is -2.43. The number of amides is 3. The fourth-order valence-corrected chi connectivity index (χ4v) is 3.24. The van der Waals surface area contributed by atoms with Gasteiger partial charge in [0.2, 0.25) is 5.91 Å². The van der Waals surface area contributed by atoms with E-state index < -0.39 is 0 Å². The van der Waals surface area contributed by atoms with Gasteiger partial charge >= 0.3 is 6.03 Å². The lowest BCUT2D eigenvalue weighted by molar-refractivity contribution is -0.120. The largest absolute Gasteiger partial charge is 0.493 e. The predicted molar refractivity (Wildman–Crippen MR) is 104 cm³/mol. The Labute approximate surface area is 161 Å². The Morgan fingerprint density at radius 2 is 1.74 bits per heavy atom. The standard InChI is InChI=1S/C20H31N3O4/c1-26-17-9-8-15(14-18(17)27-2)10-12-21-19(24)11-13-22-20(25)23-16-6-4-3-5-7-16/h8-9,14,16H,3-7,10-13H2,1-2H3,(H,21,24)(H2,22,23,25). The Morgan fingerprint density at radius 3 is 2.44 bits per heavy atom. The average Bonchev–Trinajstić information content (AvgIpc) is 2.68. The molecule has 3 amide bonds. The molecule has 0 aromatic heterocycles. The van der Waals surface area contributed by atoms with Gasteiger partial charge in [-0.15, -0.1) is 0 Å². The topological polar surface area (TPSA) is 88.7 Å². The molecule has 7 nitrogen and oxygen atoms in total. The number of hydrogen-bond acceptors (Lipinski definition) is 4. The second kappa shape index (κ2) is 11.3. The number of carbonyl (C=O) groups is 2. The van der Waals surface area contributed by atoms with Gasteiger partial charge in [-0.1, -0.05) is 25.3 Å². The lowest BCUT2D eigenvalue weighted by atomic mass is 9.96. The van der Waals surface area contributed by atoms with E-state index in [1.54, 1.807) is 14.2 Å². The van der Waals surface area contributed by atoms with Gasteiger partial charge in [0.05, 0.1) is 14.2 Å². The van der Waals surface area contributed by atoms with Crippen LogP contribution in [-0.4, -0.2) is 45.3 Å². The summed E-state index contributed by atoms with van der Waals surface area (Å²) in [4.78, 5) is 23.7. The molecule has 0 bridgehead atoms. The van der Waals surface area contributed by atoms with E-state index in [0.717, 1.165) is 18.4 Å². The summed E-state index contributed by atoms with van der Waals surface area (Å²) in [7, 11) is 3.20. The van der Waals surface area contributed by atoms with Gasteiger partial charge in [0.15, 0.2) is 11.5 Å². The van der Waals surface area contributed by atoms with E-state index in [-0.39, 0.29) is 24.4 Å². The minimum atomic E-state index is -0.181. The van der Waals surface area contributed by atoms with E-state index >= 15 is 0 Å². The van der Waals surface area contributed by atoms with Gasteiger partial charge in [-0.25, -0.2) is 4.79 Å². The average molecular weight is 377 g/mol. The van der Waals surface area contributed by atoms with Crippen molar-refractivity contribution in [2.75, 3.05) is 27.3 Å². The molecule has 150 valence electrons. The van der Waals surface area contributed by atoms with Crippen LogP contribution >= 0.6 is 0 Å². The smallest absolute Gasteiger partial charge is 0.315 e. The lowest BCUT2D eigenvalue weighted by Gasteiger charge is -2.22. The molecule has 1 saturated carbocycles. The van der Waals surface area contributed by atoms with E-state index in [1.807, 2.05) is 18.2 Å². The molecule has 1 aromatic rings. The molecular weight excluding hydrogens is 346 g/mol. The van der Waals surface area contributed by atoms with Gasteiger partial charge in [-0.05, 0) is 37.0 Å². The Morgan fingerprint density at radius 1 is 1.00 bits per heavy atom. The number of ether oxygens (including phenoxy) is 2. The van der Waals surface area contributed by atoms with Crippen LogP contribution in [0.15, 0.2) is 18.2 Å². The number of methoxy groups -OCH3 is 2. The minimum Gasteiger partial charge on any atom is -0.493 e. The van der Waals surface area contributed by atoms with Crippen molar-refractivity contribution in [3.05, 3.63) is 23.8 Å². The maximum absolute atomic E-state index is 11.9. The third-order valence-electron chi connectivity index (χ3n) is 4.76. The minimum absolute atomic E-state index is 0.0755. The van der Waals surface area contributed by atoms with Crippen molar-refractivity contribution in [1.82, 2.24) is 16.0 Å². The van der Waals surface area contributed by atoms with Crippen LogP contribution in [-0.2, 0) is 11.2 Å². The van der Waals surface area contributed by atoms with Gasteiger partial charge in [0.1, 0.15) is 0 Å². The fraction of sp³-hybridized carbons (Fsp3) is 0.600. The number of urea groups is 1. The highest BCUT2D eigenvalue weighted by molar-refractivity contribution is 5.78. The molecule has 0 heterocycles. The summed E-state index contributed by atoms with van der Waals surface area (Å²) in [6, 6.07) is 5.80. The zero-order valence-corrected chi connectivity index (χ0v) is 16.3. The maximum atomic E-state index is 11.9. The molecule has 0 spiro atoms. The first-order valence-electron chi connectivity index (χ1n) is 9.64. The van der Waals surface area contributed by atoms with Crippen LogP contribution in [0.25, 0.3) is 0 Å². The van der Waals surface area contributed by atoms with Gasteiger partial charge in [-0.3, -0.25) is 4.79 Å². The van der Waals surface area contributed by atoms with E-state index in [2.05, 4.69) is 16.0 Å². The molecule has 1 aromatic carbocycles. The molecule has 3 N–H and O–H groups in total. The molecule has 0 unspecified atom stereocenters. The summed E-state index contributed by atoms with van der Waals surface area (Å²) in [5.74, 6) is 1.28. The summed E-state index contributed by atoms with van der Waals surface area (Å²) in [5.41, 5.74) is 1.05. The molecule has 0 aliphatic heterocycles. The monoisotopic (exact) mass is 377 g/mol. The fourth-order valence-electron chi connectivity index (χ4n) is 3.24. The zero-order chi connectivity index (χ0) is 19.5. The van der Waals surface area contributed by atoms with Gasteiger partial charge in [-0.2, -0.15) is 0 Å². The molecule has 1 aliphatic carbocycles. The molecule has 27 heavy (non-hydrogen) atoms. The van der Waals surface area contributed by atoms with E-state index in [4.69, 9.17) is 9.47 Å². The Balaban J connectivity index is 1.60. The Hall–Kier alpha value is -2.44. The number of hydrogen-bond donors (Lipinski definition) is 3. The predicted octanol–water partition coefficient (Wildman–Crippen LogP) is 2.38. The first-order chi connectivity index (χ1) is 13.1. The highest BCUT2D eigenvalue weighted by Gasteiger charge is 2.15. The highest BCUT2D eigenvalue weighted by atomic mass is 16.5. The number of rotatable bonds is 9. The quantitative estimate of drug-likeness (QED) is 0.616. The van der Waals surface area contributed by atoms with Crippen LogP contribution in [0.3, 0.4) is 0 Å². The Bertz CT molecular complexity index is 615. The van der Waals surface area contributed by atoms with Crippen molar-refractivity contribution < 1.29 is 19.1 Å². The Kier molecular flexibility index (Phi) is 8.74. The molecule has 0 radical (unpaired) electrons. The van der Waals surface area contributed by atoms with Crippen LogP contribution in [0.2, 0.25) is 0 Å². The van der Waals surface area contributed by atoms with Crippen LogP contribution in [0.5, 0.6) is 11.5 Å². The van der Waals surface area contributed by atoms with Gasteiger partial charge in [0.25, 0.3) is 0 Å². The molecule has 2 rings (SSSR count). The second-order valence-corrected chi connectivity index (χ2v) is 6.77. The summed E-state index contributed by atoms with van der Waals surface area (Å²) >= 11 is 0. The first kappa shape index (κ1) is 20.9. The highest BCUT2D eigenvalue weighted by Crippen LogP contribution is 2.27. The zero-order valence-electron chi connectivity index (χ0n) is 16.3. The molecule has 1 aliphatic rings.